The highest BCUT2D eigenvalue weighted by Gasteiger charge is 2.18. The number of carbonyl (C=O) groups is 2. The van der Waals surface area contributed by atoms with Gasteiger partial charge in [-0.05, 0) is 37.3 Å². The van der Waals surface area contributed by atoms with Crippen LogP contribution in [0.5, 0.6) is 0 Å². The van der Waals surface area contributed by atoms with Crippen LogP contribution in [-0.4, -0.2) is 31.1 Å². The van der Waals surface area contributed by atoms with E-state index < -0.39 is 5.91 Å². The van der Waals surface area contributed by atoms with Crippen molar-refractivity contribution in [1.29, 1.82) is 0 Å². The lowest BCUT2D eigenvalue weighted by Gasteiger charge is -2.11. The molecule has 0 aliphatic carbocycles. The maximum Gasteiger partial charge on any atom is 0.290 e. The van der Waals surface area contributed by atoms with Gasteiger partial charge in [-0.1, -0.05) is 48.5 Å². The fraction of sp³-hybridized carbons (Fsp3) is 0.148. The SMILES string of the molecule is CCn1nc(C(=O)NNC(=O)CCc2nc3ccccc3n2-c2ccccc2)c2ccccc2c1=O. The molecule has 0 unspecified atom stereocenters. The average Bonchev–Trinajstić information content (AvgIpc) is 3.30. The van der Waals surface area contributed by atoms with E-state index >= 15 is 0 Å². The Morgan fingerprint density at radius 1 is 0.861 bits per heavy atom. The highest BCUT2D eigenvalue weighted by atomic mass is 16.2. The summed E-state index contributed by atoms with van der Waals surface area (Å²) in [6, 6.07) is 24.4. The molecule has 2 aromatic heterocycles. The molecule has 0 saturated heterocycles. The Bertz CT molecular complexity index is 1640. The van der Waals surface area contributed by atoms with E-state index in [1.807, 2.05) is 59.2 Å². The molecular formula is C27H24N6O3. The number of nitrogens with zero attached hydrogens (tertiary/aromatic N) is 4. The number of hydrazine groups is 1. The van der Waals surface area contributed by atoms with Gasteiger partial charge in [-0.15, -0.1) is 0 Å². The third-order valence-corrected chi connectivity index (χ3v) is 5.92. The topological polar surface area (TPSA) is 111 Å². The van der Waals surface area contributed by atoms with Gasteiger partial charge in [0.1, 0.15) is 5.82 Å². The third kappa shape index (κ3) is 4.34. The summed E-state index contributed by atoms with van der Waals surface area (Å²) < 4.78 is 3.26. The molecule has 5 rings (SSSR count). The summed E-state index contributed by atoms with van der Waals surface area (Å²) in [6.45, 7) is 2.09. The molecule has 0 spiro atoms. The van der Waals surface area contributed by atoms with E-state index in [1.165, 1.54) is 4.68 Å². The van der Waals surface area contributed by atoms with Crippen LogP contribution in [0.1, 0.15) is 29.7 Å². The van der Waals surface area contributed by atoms with Crippen LogP contribution in [0.4, 0.5) is 0 Å². The maximum absolute atomic E-state index is 12.9. The zero-order valence-corrected chi connectivity index (χ0v) is 19.6. The molecule has 0 aliphatic heterocycles. The van der Waals surface area contributed by atoms with Crippen molar-refractivity contribution in [3.63, 3.8) is 0 Å². The van der Waals surface area contributed by atoms with Crippen LogP contribution in [0.25, 0.3) is 27.5 Å². The van der Waals surface area contributed by atoms with Gasteiger partial charge in [0.05, 0.1) is 16.4 Å². The molecular weight excluding hydrogens is 456 g/mol. The number of para-hydroxylation sites is 3. The number of hydrogen-bond donors (Lipinski definition) is 2. The van der Waals surface area contributed by atoms with Crippen molar-refractivity contribution in [3.05, 3.63) is 101 Å². The van der Waals surface area contributed by atoms with Gasteiger partial charge in [0.15, 0.2) is 5.69 Å². The Morgan fingerprint density at radius 2 is 1.56 bits per heavy atom. The standard InChI is InChI=1S/C27H24N6O3/c1-2-32-27(36)20-13-7-6-12-19(20)25(31-32)26(35)30-29-24(34)17-16-23-28-21-14-8-9-15-22(21)33(23)18-10-4-3-5-11-18/h3-15H,2,16-17H2,1H3,(H,29,34)(H,30,35). The van der Waals surface area contributed by atoms with Gasteiger partial charge < -0.3 is 0 Å². The number of imidazole rings is 1. The summed E-state index contributed by atoms with van der Waals surface area (Å²) in [5.41, 5.74) is 7.44. The highest BCUT2D eigenvalue weighted by Crippen LogP contribution is 2.22. The van der Waals surface area contributed by atoms with Crippen LogP contribution in [-0.2, 0) is 17.8 Å². The van der Waals surface area contributed by atoms with E-state index in [2.05, 4.69) is 16.0 Å². The number of hydrogen-bond acceptors (Lipinski definition) is 5. The fourth-order valence-electron chi connectivity index (χ4n) is 4.20. The van der Waals surface area contributed by atoms with E-state index in [9.17, 15) is 14.4 Å². The van der Waals surface area contributed by atoms with Crippen LogP contribution >= 0.6 is 0 Å². The molecule has 9 nitrogen and oxygen atoms in total. The van der Waals surface area contributed by atoms with Crippen molar-refractivity contribution in [2.24, 2.45) is 0 Å². The van der Waals surface area contributed by atoms with Gasteiger partial charge >= 0.3 is 0 Å². The third-order valence-electron chi connectivity index (χ3n) is 5.92. The quantitative estimate of drug-likeness (QED) is 0.363. The van der Waals surface area contributed by atoms with Gasteiger partial charge in [0.25, 0.3) is 11.5 Å². The normalized spacial score (nSPS) is 11.0. The van der Waals surface area contributed by atoms with Gasteiger partial charge in [-0.25, -0.2) is 9.67 Å². The van der Waals surface area contributed by atoms with Crippen molar-refractivity contribution >= 4 is 33.6 Å². The highest BCUT2D eigenvalue weighted by molar-refractivity contribution is 6.05. The zero-order valence-electron chi connectivity index (χ0n) is 19.6. The van der Waals surface area contributed by atoms with Crippen molar-refractivity contribution in [3.8, 4) is 5.69 Å². The van der Waals surface area contributed by atoms with Gasteiger partial charge in [0, 0.05) is 30.5 Å². The summed E-state index contributed by atoms with van der Waals surface area (Å²) in [4.78, 5) is 42.7. The minimum absolute atomic E-state index is 0.0678. The second-order valence-electron chi connectivity index (χ2n) is 8.21. The number of rotatable bonds is 6. The largest absolute Gasteiger partial charge is 0.296 e. The summed E-state index contributed by atoms with van der Waals surface area (Å²) in [5, 5.41) is 5.01. The minimum atomic E-state index is -0.599. The van der Waals surface area contributed by atoms with Gasteiger partial charge in [-0.3, -0.25) is 29.8 Å². The second kappa shape index (κ2) is 9.83. The molecule has 36 heavy (non-hydrogen) atoms. The summed E-state index contributed by atoms with van der Waals surface area (Å²) in [7, 11) is 0. The number of benzene rings is 3. The molecule has 2 heterocycles. The molecule has 180 valence electrons. The van der Waals surface area contributed by atoms with E-state index in [0.717, 1.165) is 22.5 Å². The molecule has 0 bridgehead atoms. The molecule has 0 fully saturated rings. The first-order chi connectivity index (χ1) is 17.6. The Hall–Kier alpha value is -4.79. The molecule has 0 aliphatic rings. The smallest absolute Gasteiger partial charge is 0.290 e. The van der Waals surface area contributed by atoms with Crippen molar-refractivity contribution in [1.82, 2.24) is 30.2 Å². The number of nitrogens with one attached hydrogen (secondary N) is 2. The van der Waals surface area contributed by atoms with Gasteiger partial charge in [-0.2, -0.15) is 5.10 Å². The first kappa shape index (κ1) is 23.0. The Labute approximate surface area is 206 Å². The van der Waals surface area contributed by atoms with E-state index in [1.54, 1.807) is 31.2 Å². The molecule has 0 atom stereocenters. The predicted octanol–water partition coefficient (Wildman–Crippen LogP) is 3.15. The number of carbonyl (C=O) groups excluding carboxylic acids is 2. The number of aromatic nitrogens is 4. The summed E-state index contributed by atoms with van der Waals surface area (Å²) in [5.74, 6) is -0.229. The van der Waals surface area contributed by atoms with Crippen molar-refractivity contribution < 1.29 is 9.59 Å². The first-order valence-electron chi connectivity index (χ1n) is 11.7. The van der Waals surface area contributed by atoms with Crippen LogP contribution in [0.15, 0.2) is 83.7 Å². The molecule has 2 amide bonds. The number of amides is 2. The van der Waals surface area contributed by atoms with E-state index in [0.29, 0.717) is 23.7 Å². The Balaban J connectivity index is 1.31. The second-order valence-corrected chi connectivity index (χ2v) is 8.21. The molecule has 5 aromatic rings. The van der Waals surface area contributed by atoms with Crippen LogP contribution in [0, 0.1) is 0 Å². The molecule has 3 aromatic carbocycles. The van der Waals surface area contributed by atoms with E-state index in [-0.39, 0.29) is 23.6 Å². The minimum Gasteiger partial charge on any atom is -0.296 e. The van der Waals surface area contributed by atoms with Crippen LogP contribution in [0.2, 0.25) is 0 Å². The lowest BCUT2D eigenvalue weighted by molar-refractivity contribution is -0.121. The van der Waals surface area contributed by atoms with E-state index in [4.69, 9.17) is 4.98 Å². The number of aryl methyl sites for hydroxylation is 2. The lowest BCUT2D eigenvalue weighted by Crippen LogP contribution is -2.43. The van der Waals surface area contributed by atoms with Crippen molar-refractivity contribution in [2.75, 3.05) is 0 Å². The Kier molecular flexibility index (Phi) is 6.27. The molecule has 2 N–H and O–H groups in total. The summed E-state index contributed by atoms with van der Waals surface area (Å²) >= 11 is 0. The number of fused-ring (bicyclic) bond motifs is 2. The van der Waals surface area contributed by atoms with Crippen molar-refractivity contribution in [2.45, 2.75) is 26.3 Å². The predicted molar refractivity (Wildman–Crippen MR) is 137 cm³/mol. The van der Waals surface area contributed by atoms with Crippen LogP contribution < -0.4 is 16.4 Å². The summed E-state index contributed by atoms with van der Waals surface area (Å²) in [6.07, 6.45) is 0.478. The van der Waals surface area contributed by atoms with Gasteiger partial charge in [0.2, 0.25) is 5.91 Å². The average molecular weight is 481 g/mol. The van der Waals surface area contributed by atoms with Crippen LogP contribution in [0.3, 0.4) is 0 Å². The Morgan fingerprint density at radius 3 is 2.33 bits per heavy atom. The maximum atomic E-state index is 12.9. The first-order valence-corrected chi connectivity index (χ1v) is 11.7. The lowest BCUT2D eigenvalue weighted by atomic mass is 10.1. The fourth-order valence-corrected chi connectivity index (χ4v) is 4.20. The molecule has 0 saturated carbocycles. The molecule has 9 heteroatoms. The monoisotopic (exact) mass is 480 g/mol. The molecule has 0 radical (unpaired) electrons. The zero-order chi connectivity index (χ0) is 25.1.